The van der Waals surface area contributed by atoms with E-state index in [1.807, 2.05) is 48.5 Å². The molecule has 7 heteroatoms. The fourth-order valence-corrected chi connectivity index (χ4v) is 4.44. The lowest BCUT2D eigenvalue weighted by Gasteiger charge is -2.05. The minimum absolute atomic E-state index is 0.216. The smallest absolute Gasteiger partial charge is 0.267 e. The highest BCUT2D eigenvalue weighted by atomic mass is 35.5. The number of aromatic amines is 1. The summed E-state index contributed by atoms with van der Waals surface area (Å²) in [6, 6.07) is 15.3. The molecule has 2 aromatic heterocycles. The normalized spacial score (nSPS) is 13.8. The van der Waals surface area contributed by atoms with Gasteiger partial charge in [0.25, 0.3) is 5.91 Å². The zero-order valence-corrected chi connectivity index (χ0v) is 15.8. The number of fused-ring (bicyclic) bond motifs is 1. The van der Waals surface area contributed by atoms with Crippen LogP contribution < -0.4 is 5.32 Å². The molecule has 1 saturated carbocycles. The number of H-pyrrole nitrogens is 1. The zero-order chi connectivity index (χ0) is 18.4. The van der Waals surface area contributed by atoms with Crippen LogP contribution in [0.2, 0.25) is 5.02 Å². The molecule has 0 bridgehead atoms. The van der Waals surface area contributed by atoms with Crippen LogP contribution in [-0.2, 0) is 0 Å². The number of carbonyl (C=O) groups is 1. The van der Waals surface area contributed by atoms with E-state index in [0.29, 0.717) is 27.3 Å². The Morgan fingerprint density at radius 1 is 1.19 bits per heavy atom. The van der Waals surface area contributed by atoms with Crippen molar-refractivity contribution in [1.82, 2.24) is 15.2 Å². The van der Waals surface area contributed by atoms with E-state index in [1.54, 1.807) is 0 Å². The van der Waals surface area contributed by atoms with Gasteiger partial charge in [-0.05, 0) is 31.0 Å². The fourth-order valence-electron chi connectivity index (χ4n) is 3.03. The van der Waals surface area contributed by atoms with E-state index in [4.69, 9.17) is 11.6 Å². The van der Waals surface area contributed by atoms with Gasteiger partial charge in [0.05, 0.1) is 5.02 Å². The molecular formula is C20H15ClN4OS. The third-order valence-electron chi connectivity index (χ3n) is 4.59. The van der Waals surface area contributed by atoms with Crippen molar-refractivity contribution in [3.8, 4) is 11.4 Å². The van der Waals surface area contributed by atoms with E-state index >= 15 is 0 Å². The van der Waals surface area contributed by atoms with Crippen molar-refractivity contribution in [2.24, 2.45) is 0 Å². The fraction of sp³-hybridized carbons (Fsp3) is 0.150. The first-order valence-corrected chi connectivity index (χ1v) is 9.89. The number of thiophene rings is 1. The average Bonchev–Trinajstić information content (AvgIpc) is 3.32. The first-order valence-electron chi connectivity index (χ1n) is 8.70. The number of benzene rings is 2. The molecule has 0 spiro atoms. The molecule has 1 amide bonds. The maximum Gasteiger partial charge on any atom is 0.267 e. The number of halogens is 1. The van der Waals surface area contributed by atoms with Gasteiger partial charge >= 0.3 is 0 Å². The number of amides is 1. The van der Waals surface area contributed by atoms with Crippen molar-refractivity contribution < 1.29 is 4.79 Å². The monoisotopic (exact) mass is 394 g/mol. The molecule has 0 saturated heterocycles. The highest BCUT2D eigenvalue weighted by Crippen LogP contribution is 2.38. The molecule has 0 radical (unpaired) electrons. The Kier molecular flexibility index (Phi) is 3.95. The Hall–Kier alpha value is -2.70. The summed E-state index contributed by atoms with van der Waals surface area (Å²) in [4.78, 5) is 17.8. The Morgan fingerprint density at radius 3 is 2.85 bits per heavy atom. The minimum Gasteiger partial charge on any atom is -0.321 e. The Balaban J connectivity index is 1.41. The summed E-state index contributed by atoms with van der Waals surface area (Å²) in [5.41, 5.74) is 1.54. The lowest BCUT2D eigenvalue weighted by molar-refractivity contribution is 0.103. The summed E-state index contributed by atoms with van der Waals surface area (Å²) in [5.74, 6) is 1.89. The third kappa shape index (κ3) is 3.11. The van der Waals surface area contributed by atoms with Crippen molar-refractivity contribution in [3.05, 3.63) is 64.3 Å². The summed E-state index contributed by atoms with van der Waals surface area (Å²) < 4.78 is 0.995. The van der Waals surface area contributed by atoms with Gasteiger partial charge in [-0.15, -0.1) is 11.3 Å². The number of nitrogens with one attached hydrogen (secondary N) is 2. The molecule has 2 aromatic carbocycles. The number of aromatic nitrogens is 3. The maximum absolute atomic E-state index is 12.7. The van der Waals surface area contributed by atoms with Crippen LogP contribution in [0.4, 0.5) is 5.69 Å². The van der Waals surface area contributed by atoms with Gasteiger partial charge in [0.1, 0.15) is 10.7 Å². The predicted molar refractivity (Wildman–Crippen MR) is 109 cm³/mol. The number of anilines is 1. The number of nitrogens with zero attached hydrogens (tertiary/aromatic N) is 2. The first kappa shape index (κ1) is 16.5. The standard InChI is InChI=1S/C20H15ClN4OS/c21-16-14-6-1-2-7-15(14)27-17(16)20(26)22-13-5-3-4-12(10-13)19-23-18(24-25-19)11-8-9-11/h1-7,10-11H,8-9H2,(H,22,26)(H,23,24,25). The van der Waals surface area contributed by atoms with Crippen LogP contribution in [0.5, 0.6) is 0 Å². The molecule has 1 fully saturated rings. The lowest BCUT2D eigenvalue weighted by Crippen LogP contribution is -2.10. The largest absolute Gasteiger partial charge is 0.321 e. The van der Waals surface area contributed by atoms with E-state index in [9.17, 15) is 4.79 Å². The third-order valence-corrected chi connectivity index (χ3v) is 6.26. The predicted octanol–water partition coefficient (Wildman–Crippen LogP) is 5.47. The molecule has 1 aliphatic rings. The van der Waals surface area contributed by atoms with Gasteiger partial charge in [0.2, 0.25) is 0 Å². The summed E-state index contributed by atoms with van der Waals surface area (Å²) in [5, 5.41) is 11.6. The molecular weight excluding hydrogens is 380 g/mol. The Bertz CT molecular complexity index is 1160. The Labute approximate surface area is 164 Å². The van der Waals surface area contributed by atoms with Crippen molar-refractivity contribution in [3.63, 3.8) is 0 Å². The SMILES string of the molecule is O=C(Nc1cccc(-c2n[nH]c(C3CC3)n2)c1)c1sc2ccccc2c1Cl. The van der Waals surface area contributed by atoms with Crippen LogP contribution >= 0.6 is 22.9 Å². The zero-order valence-electron chi connectivity index (χ0n) is 14.2. The summed E-state index contributed by atoms with van der Waals surface area (Å²) in [6.45, 7) is 0. The maximum atomic E-state index is 12.7. The summed E-state index contributed by atoms with van der Waals surface area (Å²) in [6.07, 6.45) is 2.33. The Morgan fingerprint density at radius 2 is 2.04 bits per heavy atom. The molecule has 0 atom stereocenters. The van der Waals surface area contributed by atoms with Crippen LogP contribution in [0.25, 0.3) is 21.5 Å². The van der Waals surface area contributed by atoms with Crippen LogP contribution in [0.1, 0.15) is 34.3 Å². The van der Waals surface area contributed by atoms with E-state index in [1.165, 1.54) is 24.2 Å². The molecule has 1 aliphatic carbocycles. The molecule has 2 heterocycles. The van der Waals surface area contributed by atoms with Crippen molar-refractivity contribution in [2.75, 3.05) is 5.32 Å². The average molecular weight is 395 g/mol. The molecule has 0 unspecified atom stereocenters. The number of hydrogen-bond acceptors (Lipinski definition) is 4. The number of rotatable bonds is 4. The lowest BCUT2D eigenvalue weighted by atomic mass is 10.2. The van der Waals surface area contributed by atoms with Crippen LogP contribution in [0, 0.1) is 0 Å². The van der Waals surface area contributed by atoms with Gasteiger partial charge in [-0.25, -0.2) is 4.98 Å². The van der Waals surface area contributed by atoms with Crippen molar-refractivity contribution in [2.45, 2.75) is 18.8 Å². The van der Waals surface area contributed by atoms with Crippen molar-refractivity contribution in [1.29, 1.82) is 0 Å². The second-order valence-corrected chi connectivity index (χ2v) is 8.02. The number of carbonyl (C=O) groups excluding carboxylic acids is 1. The van der Waals surface area contributed by atoms with E-state index in [2.05, 4.69) is 20.5 Å². The van der Waals surface area contributed by atoms with E-state index in [-0.39, 0.29) is 5.91 Å². The van der Waals surface area contributed by atoms with E-state index < -0.39 is 0 Å². The number of hydrogen-bond donors (Lipinski definition) is 2. The molecule has 5 rings (SSSR count). The van der Waals surface area contributed by atoms with Crippen LogP contribution in [-0.4, -0.2) is 21.1 Å². The van der Waals surface area contributed by atoms with Gasteiger partial charge in [-0.2, -0.15) is 5.10 Å². The van der Waals surface area contributed by atoms with Gasteiger partial charge in [-0.3, -0.25) is 9.89 Å². The van der Waals surface area contributed by atoms with Crippen LogP contribution in [0.3, 0.4) is 0 Å². The van der Waals surface area contributed by atoms with Gasteiger partial charge < -0.3 is 5.32 Å². The van der Waals surface area contributed by atoms with Crippen molar-refractivity contribution >= 4 is 44.6 Å². The molecule has 134 valence electrons. The molecule has 0 aliphatic heterocycles. The summed E-state index contributed by atoms with van der Waals surface area (Å²) in [7, 11) is 0. The topological polar surface area (TPSA) is 70.7 Å². The van der Waals surface area contributed by atoms with Gasteiger partial charge in [0.15, 0.2) is 5.82 Å². The van der Waals surface area contributed by atoms with Gasteiger partial charge in [0, 0.05) is 27.3 Å². The minimum atomic E-state index is -0.216. The second kappa shape index (κ2) is 6.48. The molecule has 2 N–H and O–H groups in total. The highest BCUT2D eigenvalue weighted by Gasteiger charge is 2.27. The van der Waals surface area contributed by atoms with Gasteiger partial charge in [-0.1, -0.05) is 41.9 Å². The quantitative estimate of drug-likeness (QED) is 0.482. The van der Waals surface area contributed by atoms with E-state index in [0.717, 1.165) is 21.5 Å². The summed E-state index contributed by atoms with van der Waals surface area (Å²) >= 11 is 7.80. The first-order chi connectivity index (χ1) is 13.2. The second-order valence-electron chi connectivity index (χ2n) is 6.59. The van der Waals surface area contributed by atoms with Crippen LogP contribution in [0.15, 0.2) is 48.5 Å². The molecule has 27 heavy (non-hydrogen) atoms. The molecule has 4 aromatic rings. The highest BCUT2D eigenvalue weighted by molar-refractivity contribution is 7.21. The molecule has 5 nitrogen and oxygen atoms in total.